The minimum atomic E-state index is -0.466. The van der Waals surface area contributed by atoms with Crippen LogP contribution in [0.3, 0.4) is 0 Å². The molecule has 1 aromatic carbocycles. The number of para-hydroxylation sites is 1. The Bertz CT molecular complexity index is 793. The molecule has 0 saturated carbocycles. The van der Waals surface area contributed by atoms with Gasteiger partial charge in [-0.1, -0.05) is 18.2 Å². The van der Waals surface area contributed by atoms with Gasteiger partial charge in [0.15, 0.2) is 0 Å². The molecule has 2 heterocycles. The first-order chi connectivity index (χ1) is 10.1. The van der Waals surface area contributed by atoms with Gasteiger partial charge in [-0.15, -0.1) is 0 Å². The topological polar surface area (TPSA) is 60.2 Å². The molecule has 0 fully saturated rings. The van der Waals surface area contributed by atoms with Gasteiger partial charge >= 0.3 is 0 Å². The molecule has 5 heteroatoms. The number of methoxy groups -OCH3 is 1. The predicted octanol–water partition coefficient (Wildman–Crippen LogP) is 2.46. The van der Waals surface area contributed by atoms with Gasteiger partial charge in [-0.2, -0.15) is 0 Å². The van der Waals surface area contributed by atoms with Gasteiger partial charge in [0.1, 0.15) is 17.9 Å². The fourth-order valence-corrected chi connectivity index (χ4v) is 2.70. The summed E-state index contributed by atoms with van der Waals surface area (Å²) in [6.07, 6.45) is 1.78. The summed E-state index contributed by atoms with van der Waals surface area (Å²) in [5.41, 5.74) is 2.27. The van der Waals surface area contributed by atoms with Crippen LogP contribution >= 0.6 is 0 Å². The fourth-order valence-electron chi connectivity index (χ4n) is 2.70. The molecule has 0 saturated heterocycles. The summed E-state index contributed by atoms with van der Waals surface area (Å²) in [6, 6.07) is 7.97. The highest BCUT2D eigenvalue weighted by Gasteiger charge is 2.26. The Morgan fingerprint density at radius 3 is 2.71 bits per heavy atom. The minimum absolute atomic E-state index is 0.0197. The normalized spacial score (nSPS) is 12.4. The van der Waals surface area contributed by atoms with Gasteiger partial charge in [-0.25, -0.2) is 4.98 Å². The lowest BCUT2D eigenvalue weighted by Gasteiger charge is -2.27. The van der Waals surface area contributed by atoms with Crippen molar-refractivity contribution in [2.24, 2.45) is 0 Å². The molecule has 0 radical (unpaired) electrons. The number of hydrogen-bond acceptors (Lipinski definition) is 4. The molecule has 5 nitrogen and oxygen atoms in total. The molecule has 21 heavy (non-hydrogen) atoms. The molecule has 0 aliphatic carbocycles. The van der Waals surface area contributed by atoms with Crippen molar-refractivity contribution in [3.63, 3.8) is 0 Å². The largest absolute Gasteiger partial charge is 0.394 e. The summed E-state index contributed by atoms with van der Waals surface area (Å²) >= 11 is 0. The summed E-state index contributed by atoms with van der Waals surface area (Å²) in [4.78, 5) is 9.08. The summed E-state index contributed by atoms with van der Waals surface area (Å²) in [6.45, 7) is 4.39. The average Bonchev–Trinajstić information content (AvgIpc) is 2.87. The summed E-state index contributed by atoms with van der Waals surface area (Å²) in [5, 5.41) is 10.8. The van der Waals surface area contributed by atoms with E-state index in [0.29, 0.717) is 6.61 Å². The van der Waals surface area contributed by atoms with Crippen LogP contribution in [0.5, 0.6) is 0 Å². The zero-order valence-corrected chi connectivity index (χ0v) is 12.5. The van der Waals surface area contributed by atoms with E-state index in [9.17, 15) is 5.11 Å². The standard InChI is InChI=1S/C16H19N3O2/c1-16(2,10-20)19-14(9-21-3)18-13-8-17-12-7-5-4-6-11(12)15(13)19/h4-8,20H,9-10H2,1-3H3. The van der Waals surface area contributed by atoms with E-state index in [-0.39, 0.29) is 6.61 Å². The van der Waals surface area contributed by atoms with Gasteiger partial charge in [0.2, 0.25) is 0 Å². The second kappa shape index (κ2) is 5.09. The highest BCUT2D eigenvalue weighted by Crippen LogP contribution is 2.30. The minimum Gasteiger partial charge on any atom is -0.394 e. The van der Waals surface area contributed by atoms with Gasteiger partial charge in [0, 0.05) is 12.5 Å². The second-order valence-corrected chi connectivity index (χ2v) is 5.78. The number of nitrogens with zero attached hydrogens (tertiary/aromatic N) is 3. The molecule has 0 unspecified atom stereocenters. The van der Waals surface area contributed by atoms with Crippen LogP contribution in [0.2, 0.25) is 0 Å². The highest BCUT2D eigenvalue weighted by atomic mass is 16.5. The second-order valence-electron chi connectivity index (χ2n) is 5.78. The van der Waals surface area contributed by atoms with E-state index in [4.69, 9.17) is 4.74 Å². The maximum absolute atomic E-state index is 9.78. The molecule has 0 aliphatic rings. The first-order valence-corrected chi connectivity index (χ1v) is 6.94. The Labute approximate surface area is 123 Å². The zero-order valence-electron chi connectivity index (χ0n) is 12.5. The molecule has 0 bridgehead atoms. The van der Waals surface area contributed by atoms with Crippen LogP contribution in [-0.2, 0) is 16.9 Å². The van der Waals surface area contributed by atoms with E-state index < -0.39 is 5.54 Å². The van der Waals surface area contributed by atoms with Gasteiger partial charge in [-0.05, 0) is 19.9 Å². The Kier molecular flexibility index (Phi) is 3.39. The van der Waals surface area contributed by atoms with Crippen molar-refractivity contribution in [1.29, 1.82) is 0 Å². The molecule has 0 atom stereocenters. The van der Waals surface area contributed by atoms with Crippen molar-refractivity contribution >= 4 is 21.9 Å². The van der Waals surface area contributed by atoms with Crippen molar-refractivity contribution in [3.8, 4) is 0 Å². The number of aromatic nitrogens is 3. The molecule has 3 aromatic rings. The smallest absolute Gasteiger partial charge is 0.136 e. The third-order valence-corrected chi connectivity index (χ3v) is 3.72. The maximum Gasteiger partial charge on any atom is 0.136 e. The number of rotatable bonds is 4. The Hall–Kier alpha value is -1.98. The van der Waals surface area contributed by atoms with Crippen molar-refractivity contribution in [2.75, 3.05) is 13.7 Å². The zero-order chi connectivity index (χ0) is 15.0. The number of aliphatic hydroxyl groups is 1. The van der Waals surface area contributed by atoms with Gasteiger partial charge < -0.3 is 14.4 Å². The van der Waals surface area contributed by atoms with E-state index in [1.807, 2.05) is 38.1 Å². The number of benzene rings is 1. The van der Waals surface area contributed by atoms with Crippen LogP contribution in [0, 0.1) is 0 Å². The van der Waals surface area contributed by atoms with Crippen LogP contribution in [-0.4, -0.2) is 33.4 Å². The summed E-state index contributed by atoms with van der Waals surface area (Å²) < 4.78 is 7.33. The van der Waals surface area contributed by atoms with Crippen LogP contribution in [0.4, 0.5) is 0 Å². The molecule has 1 N–H and O–H groups in total. The number of fused-ring (bicyclic) bond motifs is 3. The number of aliphatic hydroxyl groups excluding tert-OH is 1. The van der Waals surface area contributed by atoms with Gasteiger partial charge in [0.05, 0.1) is 29.4 Å². The van der Waals surface area contributed by atoms with Crippen molar-refractivity contribution in [1.82, 2.24) is 14.5 Å². The van der Waals surface area contributed by atoms with Crippen molar-refractivity contribution in [2.45, 2.75) is 26.0 Å². The molecule has 0 spiro atoms. The number of hydrogen-bond donors (Lipinski definition) is 1. The lowest BCUT2D eigenvalue weighted by atomic mass is 10.1. The molecule has 0 aliphatic heterocycles. The average molecular weight is 285 g/mol. The number of imidazole rings is 1. The lowest BCUT2D eigenvalue weighted by molar-refractivity contribution is 0.140. The van der Waals surface area contributed by atoms with E-state index in [1.54, 1.807) is 13.3 Å². The summed E-state index contributed by atoms with van der Waals surface area (Å²) in [5.74, 6) is 0.796. The number of pyridine rings is 1. The molecule has 3 rings (SSSR count). The number of ether oxygens (including phenoxy) is 1. The SMILES string of the molecule is COCc1nc2cnc3ccccc3c2n1C(C)(C)CO. The Morgan fingerprint density at radius 1 is 1.24 bits per heavy atom. The van der Waals surface area contributed by atoms with E-state index in [2.05, 4.69) is 14.5 Å². The van der Waals surface area contributed by atoms with E-state index in [0.717, 1.165) is 27.8 Å². The molecule has 2 aromatic heterocycles. The quantitative estimate of drug-likeness (QED) is 0.800. The predicted molar refractivity (Wildman–Crippen MR) is 82.2 cm³/mol. The molecule has 110 valence electrons. The monoisotopic (exact) mass is 285 g/mol. The van der Waals surface area contributed by atoms with E-state index in [1.165, 1.54) is 0 Å². The van der Waals surface area contributed by atoms with E-state index >= 15 is 0 Å². The first kappa shape index (κ1) is 14.0. The van der Waals surface area contributed by atoms with Gasteiger partial charge in [0.25, 0.3) is 0 Å². The van der Waals surface area contributed by atoms with Crippen LogP contribution in [0.15, 0.2) is 30.5 Å². The van der Waals surface area contributed by atoms with Crippen LogP contribution < -0.4 is 0 Å². The van der Waals surface area contributed by atoms with Crippen molar-refractivity contribution in [3.05, 3.63) is 36.3 Å². The Balaban J connectivity index is 2.44. The third kappa shape index (κ3) is 2.18. The van der Waals surface area contributed by atoms with Crippen molar-refractivity contribution < 1.29 is 9.84 Å². The molecular formula is C16H19N3O2. The Morgan fingerprint density at radius 2 is 2.00 bits per heavy atom. The third-order valence-electron chi connectivity index (χ3n) is 3.72. The fraction of sp³-hybridized carbons (Fsp3) is 0.375. The first-order valence-electron chi connectivity index (χ1n) is 6.94. The maximum atomic E-state index is 9.78. The summed E-state index contributed by atoms with van der Waals surface area (Å²) in [7, 11) is 1.64. The van der Waals surface area contributed by atoms with Gasteiger partial charge in [-0.3, -0.25) is 4.98 Å². The van der Waals surface area contributed by atoms with Crippen LogP contribution in [0.1, 0.15) is 19.7 Å². The molecule has 0 amide bonds. The highest BCUT2D eigenvalue weighted by molar-refractivity contribution is 6.02. The molecular weight excluding hydrogens is 266 g/mol. The lowest BCUT2D eigenvalue weighted by Crippen LogP contribution is -2.32. The van der Waals surface area contributed by atoms with Crippen LogP contribution in [0.25, 0.3) is 21.9 Å².